The van der Waals surface area contributed by atoms with Gasteiger partial charge in [0.25, 0.3) is 15.9 Å². The lowest BCUT2D eigenvalue weighted by atomic mass is 10.2. The van der Waals surface area contributed by atoms with E-state index in [1.54, 1.807) is 37.3 Å². The van der Waals surface area contributed by atoms with Gasteiger partial charge in [-0.25, -0.2) is 8.42 Å². The summed E-state index contributed by atoms with van der Waals surface area (Å²) in [6, 6.07) is 12.5. The second-order valence-electron chi connectivity index (χ2n) is 6.43. The minimum atomic E-state index is -3.90. The van der Waals surface area contributed by atoms with Crippen molar-refractivity contribution in [3.05, 3.63) is 65.8 Å². The van der Waals surface area contributed by atoms with Gasteiger partial charge in [0, 0.05) is 18.5 Å². The van der Waals surface area contributed by atoms with Crippen molar-refractivity contribution in [1.29, 1.82) is 0 Å². The van der Waals surface area contributed by atoms with E-state index in [0.717, 1.165) is 0 Å². The highest BCUT2D eigenvalue weighted by Gasteiger charge is 2.18. The Morgan fingerprint density at radius 3 is 2.70 bits per heavy atom. The molecule has 0 aliphatic carbocycles. The Bertz CT molecular complexity index is 1130. The van der Waals surface area contributed by atoms with E-state index in [-0.39, 0.29) is 16.4 Å². The third-order valence-corrected chi connectivity index (χ3v) is 5.54. The molecular weight excluding hydrogens is 408 g/mol. The molecule has 158 valence electrons. The molecule has 10 heteroatoms. The summed E-state index contributed by atoms with van der Waals surface area (Å²) in [7, 11) is -2.44. The molecule has 0 radical (unpaired) electrons. The third kappa shape index (κ3) is 5.35. The van der Waals surface area contributed by atoms with Crippen LogP contribution in [-0.4, -0.2) is 38.1 Å². The maximum absolute atomic E-state index is 12.7. The van der Waals surface area contributed by atoms with E-state index in [2.05, 4.69) is 20.2 Å². The molecule has 2 N–H and O–H groups in total. The average Bonchev–Trinajstić information content (AvgIpc) is 3.16. The zero-order valence-corrected chi connectivity index (χ0v) is 17.4. The molecule has 0 aliphatic heterocycles. The smallest absolute Gasteiger partial charge is 0.262 e. The monoisotopic (exact) mass is 430 g/mol. The lowest BCUT2D eigenvalue weighted by Gasteiger charge is -2.12. The third-order valence-electron chi connectivity index (χ3n) is 4.18. The van der Waals surface area contributed by atoms with Crippen molar-refractivity contribution in [2.45, 2.75) is 24.7 Å². The Morgan fingerprint density at radius 2 is 1.97 bits per heavy atom. The molecule has 0 spiro atoms. The highest BCUT2D eigenvalue weighted by atomic mass is 32.2. The summed E-state index contributed by atoms with van der Waals surface area (Å²) in [5, 5.41) is 6.47. The minimum Gasteiger partial charge on any atom is -0.495 e. The number of carbonyl (C=O) groups excluding carboxylic acids is 1. The van der Waals surface area contributed by atoms with Crippen LogP contribution in [0.3, 0.4) is 0 Å². The van der Waals surface area contributed by atoms with Gasteiger partial charge in [0.2, 0.25) is 5.89 Å². The molecule has 3 rings (SSSR count). The number of ether oxygens (including phenoxy) is 1. The fourth-order valence-corrected chi connectivity index (χ4v) is 3.84. The standard InChI is InChI=1S/C20H22N4O5S/c1-14-22-19(29-23-14)11-6-12-21-20(25)15-7-5-8-16(13-15)30(26,27)24-17-9-3-4-10-18(17)28-2/h3-5,7-10,13,24H,6,11-12H2,1-2H3,(H,21,25). The van der Waals surface area contributed by atoms with Crippen molar-refractivity contribution in [2.75, 3.05) is 18.4 Å². The van der Waals surface area contributed by atoms with Crippen LogP contribution in [0.2, 0.25) is 0 Å². The molecule has 0 aliphatic rings. The van der Waals surface area contributed by atoms with E-state index in [1.165, 1.54) is 25.3 Å². The van der Waals surface area contributed by atoms with Crippen molar-refractivity contribution in [2.24, 2.45) is 0 Å². The summed E-state index contributed by atoms with van der Waals surface area (Å²) in [4.78, 5) is 16.5. The molecule has 0 fully saturated rings. The summed E-state index contributed by atoms with van der Waals surface area (Å²) in [6.07, 6.45) is 1.15. The maximum Gasteiger partial charge on any atom is 0.262 e. The molecule has 1 amide bonds. The quantitative estimate of drug-likeness (QED) is 0.500. The van der Waals surface area contributed by atoms with E-state index < -0.39 is 10.0 Å². The summed E-state index contributed by atoms with van der Waals surface area (Å²) in [6.45, 7) is 2.12. The van der Waals surface area contributed by atoms with Crippen molar-refractivity contribution >= 4 is 21.6 Å². The molecule has 3 aromatic rings. The average molecular weight is 430 g/mol. The fraction of sp³-hybridized carbons (Fsp3) is 0.250. The molecule has 0 saturated carbocycles. The van der Waals surface area contributed by atoms with Crippen LogP contribution in [0, 0.1) is 6.92 Å². The van der Waals surface area contributed by atoms with E-state index in [4.69, 9.17) is 9.26 Å². The number of hydrogen-bond donors (Lipinski definition) is 2. The lowest BCUT2D eigenvalue weighted by Crippen LogP contribution is -2.25. The van der Waals surface area contributed by atoms with Gasteiger partial charge in [0.05, 0.1) is 17.7 Å². The second-order valence-corrected chi connectivity index (χ2v) is 8.11. The Balaban J connectivity index is 1.63. The number of para-hydroxylation sites is 2. The molecule has 1 aromatic heterocycles. The molecule has 0 atom stereocenters. The van der Waals surface area contributed by atoms with Gasteiger partial charge >= 0.3 is 0 Å². The number of methoxy groups -OCH3 is 1. The second kappa shape index (κ2) is 9.40. The van der Waals surface area contributed by atoms with Crippen LogP contribution < -0.4 is 14.8 Å². The summed E-state index contributed by atoms with van der Waals surface area (Å²) < 4.78 is 38.2. The normalized spacial score (nSPS) is 11.1. The first kappa shape index (κ1) is 21.3. The predicted molar refractivity (Wildman–Crippen MR) is 110 cm³/mol. The first-order valence-corrected chi connectivity index (χ1v) is 10.7. The summed E-state index contributed by atoms with van der Waals surface area (Å²) >= 11 is 0. The number of amides is 1. The summed E-state index contributed by atoms with van der Waals surface area (Å²) in [5.41, 5.74) is 0.553. The number of nitrogens with one attached hydrogen (secondary N) is 2. The topological polar surface area (TPSA) is 123 Å². The van der Waals surface area contributed by atoms with Gasteiger partial charge in [-0.3, -0.25) is 9.52 Å². The van der Waals surface area contributed by atoms with Crippen LogP contribution in [-0.2, 0) is 16.4 Å². The largest absolute Gasteiger partial charge is 0.495 e. The molecule has 9 nitrogen and oxygen atoms in total. The van der Waals surface area contributed by atoms with Gasteiger partial charge in [-0.2, -0.15) is 4.98 Å². The van der Waals surface area contributed by atoms with Gasteiger partial charge in [0.1, 0.15) is 5.75 Å². The first-order chi connectivity index (χ1) is 14.4. The first-order valence-electron chi connectivity index (χ1n) is 9.22. The van der Waals surface area contributed by atoms with Gasteiger partial charge in [-0.15, -0.1) is 0 Å². The summed E-state index contributed by atoms with van der Waals surface area (Å²) in [5.74, 6) is 1.10. The van der Waals surface area contributed by atoms with E-state index in [1.807, 2.05) is 0 Å². The molecular formula is C20H22N4O5S. The van der Waals surface area contributed by atoms with E-state index in [9.17, 15) is 13.2 Å². The number of aryl methyl sites for hydroxylation is 2. The van der Waals surface area contributed by atoms with Crippen LogP contribution in [0.15, 0.2) is 57.9 Å². The van der Waals surface area contributed by atoms with Gasteiger partial charge < -0.3 is 14.6 Å². The van der Waals surface area contributed by atoms with Crippen LogP contribution in [0.1, 0.15) is 28.5 Å². The van der Waals surface area contributed by atoms with Crippen molar-refractivity contribution in [3.8, 4) is 5.75 Å². The molecule has 2 aromatic carbocycles. The Kier molecular flexibility index (Phi) is 6.68. The number of anilines is 1. The molecule has 1 heterocycles. The minimum absolute atomic E-state index is 0.0256. The zero-order valence-electron chi connectivity index (χ0n) is 16.6. The van der Waals surface area contributed by atoms with E-state index in [0.29, 0.717) is 42.5 Å². The Morgan fingerprint density at radius 1 is 1.17 bits per heavy atom. The number of carbonyl (C=O) groups is 1. The van der Waals surface area contributed by atoms with Crippen LogP contribution >= 0.6 is 0 Å². The van der Waals surface area contributed by atoms with Gasteiger partial charge in [-0.05, 0) is 43.7 Å². The maximum atomic E-state index is 12.7. The molecule has 0 saturated heterocycles. The lowest BCUT2D eigenvalue weighted by molar-refractivity contribution is 0.0952. The van der Waals surface area contributed by atoms with Gasteiger partial charge in [-0.1, -0.05) is 23.4 Å². The number of sulfonamides is 1. The van der Waals surface area contributed by atoms with Crippen LogP contribution in [0.5, 0.6) is 5.75 Å². The van der Waals surface area contributed by atoms with Gasteiger partial charge in [0.15, 0.2) is 5.82 Å². The number of aromatic nitrogens is 2. The number of benzene rings is 2. The number of nitrogens with zero attached hydrogens (tertiary/aromatic N) is 2. The Labute approximate surface area is 174 Å². The number of rotatable bonds is 9. The molecule has 30 heavy (non-hydrogen) atoms. The predicted octanol–water partition coefficient (Wildman–Crippen LogP) is 2.55. The highest BCUT2D eigenvalue weighted by Crippen LogP contribution is 2.26. The Hall–Kier alpha value is -3.40. The van der Waals surface area contributed by atoms with E-state index >= 15 is 0 Å². The molecule has 0 unspecified atom stereocenters. The van der Waals surface area contributed by atoms with Crippen LogP contribution in [0.4, 0.5) is 5.69 Å². The number of hydrogen-bond acceptors (Lipinski definition) is 7. The fourth-order valence-electron chi connectivity index (χ4n) is 2.72. The highest BCUT2D eigenvalue weighted by molar-refractivity contribution is 7.92. The van der Waals surface area contributed by atoms with Crippen molar-refractivity contribution < 1.29 is 22.5 Å². The SMILES string of the molecule is COc1ccccc1NS(=O)(=O)c1cccc(C(=O)NCCCc2nc(C)no2)c1. The van der Waals surface area contributed by atoms with Crippen molar-refractivity contribution in [1.82, 2.24) is 15.5 Å². The zero-order chi connectivity index (χ0) is 21.6. The van der Waals surface area contributed by atoms with Crippen molar-refractivity contribution in [3.63, 3.8) is 0 Å². The molecule has 0 bridgehead atoms. The van der Waals surface area contributed by atoms with Crippen LogP contribution in [0.25, 0.3) is 0 Å².